The molecular formula is C24H23NO5. The first kappa shape index (κ1) is 20.9. The van der Waals surface area contributed by atoms with E-state index in [1.807, 2.05) is 30.3 Å². The van der Waals surface area contributed by atoms with Crippen LogP contribution in [0.2, 0.25) is 0 Å². The van der Waals surface area contributed by atoms with Crippen LogP contribution in [0.4, 0.5) is 5.69 Å². The number of benzene rings is 3. The minimum Gasteiger partial charge on any atom is -0.489 e. The second-order valence-electron chi connectivity index (χ2n) is 6.60. The Labute approximate surface area is 175 Å². The zero-order valence-corrected chi connectivity index (χ0v) is 16.9. The summed E-state index contributed by atoms with van der Waals surface area (Å²) >= 11 is 0. The molecule has 154 valence electrons. The zero-order chi connectivity index (χ0) is 21.3. The van der Waals surface area contributed by atoms with Crippen molar-refractivity contribution in [3.8, 4) is 11.5 Å². The van der Waals surface area contributed by atoms with Gasteiger partial charge in [0, 0.05) is 5.69 Å². The summed E-state index contributed by atoms with van der Waals surface area (Å²) in [5, 5.41) is 2.77. The van der Waals surface area contributed by atoms with Gasteiger partial charge in [0.25, 0.3) is 5.91 Å². The van der Waals surface area contributed by atoms with Crippen LogP contribution in [0.3, 0.4) is 0 Å². The fourth-order valence-corrected chi connectivity index (χ4v) is 2.76. The number of hydrogen-bond donors (Lipinski definition) is 1. The van der Waals surface area contributed by atoms with Crippen molar-refractivity contribution in [1.29, 1.82) is 0 Å². The Morgan fingerprint density at radius 3 is 2.17 bits per heavy atom. The Hall–Kier alpha value is -3.80. The van der Waals surface area contributed by atoms with Crippen molar-refractivity contribution in [3.05, 3.63) is 89.5 Å². The number of esters is 1. The third kappa shape index (κ3) is 5.85. The van der Waals surface area contributed by atoms with Crippen LogP contribution >= 0.6 is 0 Å². The summed E-state index contributed by atoms with van der Waals surface area (Å²) in [6.07, 6.45) is 0. The largest absolute Gasteiger partial charge is 0.489 e. The number of carbonyl (C=O) groups excluding carboxylic acids is 2. The van der Waals surface area contributed by atoms with Crippen LogP contribution in [0.5, 0.6) is 11.5 Å². The number of nitrogens with one attached hydrogen (secondary N) is 1. The molecule has 30 heavy (non-hydrogen) atoms. The molecule has 3 aromatic rings. The average molecular weight is 405 g/mol. The molecule has 0 saturated heterocycles. The van der Waals surface area contributed by atoms with Crippen LogP contribution in [-0.4, -0.2) is 25.6 Å². The first-order valence-electron chi connectivity index (χ1n) is 9.43. The van der Waals surface area contributed by atoms with Gasteiger partial charge >= 0.3 is 5.97 Å². The Morgan fingerprint density at radius 2 is 1.53 bits per heavy atom. The van der Waals surface area contributed by atoms with E-state index in [4.69, 9.17) is 14.2 Å². The Morgan fingerprint density at radius 1 is 0.867 bits per heavy atom. The Kier molecular flexibility index (Phi) is 7.05. The first-order valence-corrected chi connectivity index (χ1v) is 9.43. The molecule has 0 atom stereocenters. The van der Waals surface area contributed by atoms with Crippen molar-refractivity contribution in [3.63, 3.8) is 0 Å². The maximum absolute atomic E-state index is 12.2. The van der Waals surface area contributed by atoms with Gasteiger partial charge in [0.1, 0.15) is 18.1 Å². The second kappa shape index (κ2) is 10.1. The number of ether oxygens (including phenoxy) is 3. The molecule has 0 bridgehead atoms. The standard InChI is InChI=1S/C24H23NO5/c1-17-14-19(24(27)28-2)8-13-22(17)25-23(26)16-30-21-11-9-20(10-12-21)29-15-18-6-4-3-5-7-18/h3-14H,15-16H2,1-2H3,(H,25,26). The third-order valence-electron chi connectivity index (χ3n) is 4.36. The second-order valence-corrected chi connectivity index (χ2v) is 6.60. The molecule has 0 aliphatic carbocycles. The van der Waals surface area contributed by atoms with Gasteiger partial charge in [-0.05, 0) is 60.5 Å². The topological polar surface area (TPSA) is 73.9 Å². The molecule has 0 unspecified atom stereocenters. The van der Waals surface area contributed by atoms with Crippen LogP contribution in [-0.2, 0) is 16.1 Å². The van der Waals surface area contributed by atoms with E-state index < -0.39 is 5.97 Å². The summed E-state index contributed by atoms with van der Waals surface area (Å²) in [5.41, 5.74) is 2.88. The number of methoxy groups -OCH3 is 1. The number of rotatable bonds is 8. The predicted octanol–water partition coefficient (Wildman–Crippen LogP) is 4.38. The molecule has 1 N–H and O–H groups in total. The molecule has 1 amide bonds. The lowest BCUT2D eigenvalue weighted by molar-refractivity contribution is -0.118. The van der Waals surface area contributed by atoms with Crippen molar-refractivity contribution >= 4 is 17.6 Å². The lowest BCUT2D eigenvalue weighted by atomic mass is 10.1. The SMILES string of the molecule is COC(=O)c1ccc(NC(=O)COc2ccc(OCc3ccccc3)cc2)c(C)c1. The molecule has 0 fully saturated rings. The minimum absolute atomic E-state index is 0.136. The molecule has 3 rings (SSSR count). The van der Waals surface area contributed by atoms with Crippen LogP contribution in [0.1, 0.15) is 21.5 Å². The van der Waals surface area contributed by atoms with E-state index in [1.54, 1.807) is 49.4 Å². The molecule has 0 heterocycles. The molecule has 3 aromatic carbocycles. The molecule has 6 nitrogen and oxygen atoms in total. The molecule has 0 radical (unpaired) electrons. The van der Waals surface area contributed by atoms with Gasteiger partial charge < -0.3 is 19.5 Å². The number of aryl methyl sites for hydroxylation is 1. The van der Waals surface area contributed by atoms with Gasteiger partial charge in [-0.2, -0.15) is 0 Å². The molecule has 0 aromatic heterocycles. The molecule has 0 spiro atoms. The molecular weight excluding hydrogens is 382 g/mol. The van der Waals surface area contributed by atoms with Gasteiger partial charge in [-0.25, -0.2) is 4.79 Å². The van der Waals surface area contributed by atoms with Crippen LogP contribution in [0.25, 0.3) is 0 Å². The number of amides is 1. The van der Waals surface area contributed by atoms with Crippen molar-refractivity contribution in [2.24, 2.45) is 0 Å². The van der Waals surface area contributed by atoms with Crippen molar-refractivity contribution in [2.75, 3.05) is 19.0 Å². The van der Waals surface area contributed by atoms with E-state index in [9.17, 15) is 9.59 Å². The van der Waals surface area contributed by atoms with E-state index in [0.29, 0.717) is 23.6 Å². The van der Waals surface area contributed by atoms with E-state index in [-0.39, 0.29) is 12.5 Å². The summed E-state index contributed by atoms with van der Waals surface area (Å²) in [6, 6.07) is 21.9. The average Bonchev–Trinajstić information content (AvgIpc) is 2.78. The van der Waals surface area contributed by atoms with Gasteiger partial charge in [0.05, 0.1) is 12.7 Å². The van der Waals surface area contributed by atoms with E-state index in [1.165, 1.54) is 7.11 Å². The summed E-state index contributed by atoms with van der Waals surface area (Å²) in [5.74, 6) is 0.566. The van der Waals surface area contributed by atoms with Crippen LogP contribution in [0.15, 0.2) is 72.8 Å². The van der Waals surface area contributed by atoms with E-state index in [0.717, 1.165) is 16.9 Å². The third-order valence-corrected chi connectivity index (χ3v) is 4.36. The van der Waals surface area contributed by atoms with Crippen molar-refractivity contribution in [2.45, 2.75) is 13.5 Å². The highest BCUT2D eigenvalue weighted by Crippen LogP contribution is 2.20. The number of anilines is 1. The molecule has 0 saturated carbocycles. The summed E-state index contributed by atoms with van der Waals surface area (Å²) < 4.78 is 16.0. The van der Waals surface area contributed by atoms with Gasteiger partial charge in [0.15, 0.2) is 6.61 Å². The van der Waals surface area contributed by atoms with Gasteiger partial charge in [0.2, 0.25) is 0 Å². The lowest BCUT2D eigenvalue weighted by Crippen LogP contribution is -2.20. The number of hydrogen-bond acceptors (Lipinski definition) is 5. The molecule has 0 aliphatic rings. The van der Waals surface area contributed by atoms with E-state index in [2.05, 4.69) is 5.32 Å². The van der Waals surface area contributed by atoms with Gasteiger partial charge in [-0.1, -0.05) is 30.3 Å². The predicted molar refractivity (Wildman–Crippen MR) is 114 cm³/mol. The zero-order valence-electron chi connectivity index (χ0n) is 16.9. The fraction of sp³-hybridized carbons (Fsp3) is 0.167. The van der Waals surface area contributed by atoms with Crippen LogP contribution in [0, 0.1) is 6.92 Å². The van der Waals surface area contributed by atoms with Gasteiger partial charge in [-0.3, -0.25) is 4.79 Å². The maximum atomic E-state index is 12.2. The van der Waals surface area contributed by atoms with Crippen molar-refractivity contribution < 1.29 is 23.8 Å². The van der Waals surface area contributed by atoms with Gasteiger partial charge in [-0.15, -0.1) is 0 Å². The highest BCUT2D eigenvalue weighted by Gasteiger charge is 2.10. The monoisotopic (exact) mass is 405 g/mol. The normalized spacial score (nSPS) is 10.2. The number of carbonyl (C=O) groups is 2. The maximum Gasteiger partial charge on any atom is 0.337 e. The Balaban J connectivity index is 1.48. The van der Waals surface area contributed by atoms with Crippen molar-refractivity contribution in [1.82, 2.24) is 0 Å². The highest BCUT2D eigenvalue weighted by molar-refractivity contribution is 5.94. The van der Waals surface area contributed by atoms with Crippen LogP contribution < -0.4 is 14.8 Å². The smallest absolute Gasteiger partial charge is 0.337 e. The Bertz CT molecular complexity index is 1000. The summed E-state index contributed by atoms with van der Waals surface area (Å²) in [6.45, 7) is 2.15. The fourth-order valence-electron chi connectivity index (χ4n) is 2.76. The minimum atomic E-state index is -0.421. The quantitative estimate of drug-likeness (QED) is 0.563. The first-order chi connectivity index (χ1) is 14.5. The highest BCUT2D eigenvalue weighted by atomic mass is 16.5. The summed E-state index contributed by atoms with van der Waals surface area (Å²) in [7, 11) is 1.33. The molecule has 0 aliphatic heterocycles. The van der Waals surface area contributed by atoms with E-state index >= 15 is 0 Å². The summed E-state index contributed by atoms with van der Waals surface area (Å²) in [4.78, 5) is 23.7. The lowest BCUT2D eigenvalue weighted by Gasteiger charge is -2.11. The molecule has 6 heteroatoms.